The summed E-state index contributed by atoms with van der Waals surface area (Å²) in [4.78, 5) is 16.5. The summed E-state index contributed by atoms with van der Waals surface area (Å²) in [6, 6.07) is 4.79. The van der Waals surface area contributed by atoms with Crippen molar-refractivity contribution in [2.75, 3.05) is 11.1 Å². The van der Waals surface area contributed by atoms with Crippen LogP contribution in [0.15, 0.2) is 23.6 Å². The van der Waals surface area contributed by atoms with E-state index >= 15 is 0 Å². The standard InChI is InChI=1S/C14H16ClN3OS/c1-14(2,3)11-7-20-13(17-11)18-12(19)8-4-5-10(16)9(15)6-8/h4-7H,16H2,1-3H3,(H,17,18,19). The van der Waals surface area contributed by atoms with Gasteiger partial charge in [-0.25, -0.2) is 4.98 Å². The molecule has 0 atom stereocenters. The highest BCUT2D eigenvalue weighted by Gasteiger charge is 2.18. The molecule has 6 heteroatoms. The number of hydrogen-bond donors (Lipinski definition) is 2. The molecule has 0 saturated heterocycles. The van der Waals surface area contributed by atoms with Crippen molar-refractivity contribution in [3.63, 3.8) is 0 Å². The fourth-order valence-electron chi connectivity index (χ4n) is 1.51. The summed E-state index contributed by atoms with van der Waals surface area (Å²) < 4.78 is 0. The molecule has 20 heavy (non-hydrogen) atoms. The molecule has 0 bridgehead atoms. The first kappa shape index (κ1) is 14.8. The van der Waals surface area contributed by atoms with Crippen LogP contribution < -0.4 is 11.1 Å². The molecule has 2 rings (SSSR count). The van der Waals surface area contributed by atoms with Crippen LogP contribution in [0.1, 0.15) is 36.8 Å². The lowest BCUT2D eigenvalue weighted by Gasteiger charge is -2.14. The molecule has 1 aromatic carbocycles. The Labute approximate surface area is 127 Å². The van der Waals surface area contributed by atoms with Crippen molar-refractivity contribution in [1.29, 1.82) is 0 Å². The van der Waals surface area contributed by atoms with Crippen LogP contribution >= 0.6 is 22.9 Å². The first-order valence-electron chi connectivity index (χ1n) is 6.10. The van der Waals surface area contributed by atoms with Gasteiger partial charge in [0.15, 0.2) is 5.13 Å². The van der Waals surface area contributed by atoms with Crippen molar-refractivity contribution < 1.29 is 4.79 Å². The minimum atomic E-state index is -0.248. The number of amides is 1. The first-order chi connectivity index (χ1) is 9.27. The molecule has 0 aliphatic rings. The number of anilines is 2. The van der Waals surface area contributed by atoms with E-state index < -0.39 is 0 Å². The average Bonchev–Trinajstić information content (AvgIpc) is 2.81. The van der Waals surface area contributed by atoms with E-state index in [1.54, 1.807) is 18.2 Å². The lowest BCUT2D eigenvalue weighted by atomic mass is 9.93. The third kappa shape index (κ3) is 3.29. The van der Waals surface area contributed by atoms with E-state index in [1.807, 2.05) is 5.38 Å². The van der Waals surface area contributed by atoms with Gasteiger partial charge in [0.2, 0.25) is 0 Å². The lowest BCUT2D eigenvalue weighted by molar-refractivity contribution is 0.102. The van der Waals surface area contributed by atoms with Crippen molar-refractivity contribution in [3.8, 4) is 0 Å². The van der Waals surface area contributed by atoms with Gasteiger partial charge >= 0.3 is 0 Å². The molecule has 0 spiro atoms. The number of nitrogens with zero attached hydrogens (tertiary/aromatic N) is 1. The highest BCUT2D eigenvalue weighted by Crippen LogP contribution is 2.27. The van der Waals surface area contributed by atoms with E-state index in [9.17, 15) is 4.79 Å². The fraction of sp³-hybridized carbons (Fsp3) is 0.286. The van der Waals surface area contributed by atoms with E-state index in [2.05, 4.69) is 31.1 Å². The summed E-state index contributed by atoms with van der Waals surface area (Å²) in [5.41, 5.74) is 7.44. The van der Waals surface area contributed by atoms with E-state index in [0.29, 0.717) is 21.4 Å². The van der Waals surface area contributed by atoms with Crippen LogP contribution in [0.4, 0.5) is 10.8 Å². The molecule has 0 unspecified atom stereocenters. The number of benzene rings is 1. The van der Waals surface area contributed by atoms with Crippen molar-refractivity contribution >= 4 is 39.7 Å². The Hall–Kier alpha value is -1.59. The normalized spacial score (nSPS) is 11.4. The van der Waals surface area contributed by atoms with Crippen LogP contribution in [0, 0.1) is 0 Å². The maximum atomic E-state index is 12.1. The number of nitrogen functional groups attached to an aromatic ring is 1. The van der Waals surface area contributed by atoms with Crippen molar-refractivity contribution in [1.82, 2.24) is 4.98 Å². The third-order valence-electron chi connectivity index (χ3n) is 2.76. The summed E-state index contributed by atoms with van der Waals surface area (Å²) in [6.45, 7) is 6.23. The van der Waals surface area contributed by atoms with E-state index in [1.165, 1.54) is 11.3 Å². The molecule has 1 heterocycles. The van der Waals surface area contributed by atoms with E-state index in [0.717, 1.165) is 5.69 Å². The minimum Gasteiger partial charge on any atom is -0.398 e. The maximum Gasteiger partial charge on any atom is 0.257 e. The average molecular weight is 310 g/mol. The highest BCUT2D eigenvalue weighted by molar-refractivity contribution is 7.14. The Morgan fingerprint density at radius 2 is 2.10 bits per heavy atom. The van der Waals surface area contributed by atoms with Crippen molar-refractivity contribution in [2.45, 2.75) is 26.2 Å². The van der Waals surface area contributed by atoms with Gasteiger partial charge in [-0.15, -0.1) is 11.3 Å². The topological polar surface area (TPSA) is 68.0 Å². The molecule has 0 aliphatic carbocycles. The number of rotatable bonds is 2. The maximum absolute atomic E-state index is 12.1. The molecule has 1 amide bonds. The van der Waals surface area contributed by atoms with Gasteiger partial charge < -0.3 is 5.73 Å². The molecule has 0 aliphatic heterocycles. The van der Waals surface area contributed by atoms with Gasteiger partial charge in [-0.2, -0.15) is 0 Å². The molecule has 1 aromatic heterocycles. The zero-order valence-corrected chi connectivity index (χ0v) is 13.1. The number of hydrogen-bond acceptors (Lipinski definition) is 4. The van der Waals surface area contributed by atoms with Gasteiger partial charge in [0, 0.05) is 16.4 Å². The summed E-state index contributed by atoms with van der Waals surface area (Å²) in [6.07, 6.45) is 0. The Balaban J connectivity index is 2.15. The van der Waals surface area contributed by atoms with Crippen LogP contribution in [0.5, 0.6) is 0 Å². The van der Waals surface area contributed by atoms with Crippen LogP contribution in [0.25, 0.3) is 0 Å². The number of aromatic nitrogens is 1. The van der Waals surface area contributed by atoms with Crippen molar-refractivity contribution in [3.05, 3.63) is 39.9 Å². The number of nitrogens with one attached hydrogen (secondary N) is 1. The minimum absolute atomic E-state index is 0.0377. The van der Waals surface area contributed by atoms with E-state index in [4.69, 9.17) is 17.3 Å². The molecule has 3 N–H and O–H groups in total. The number of thiazole rings is 1. The van der Waals surface area contributed by atoms with Crippen LogP contribution in [0.2, 0.25) is 5.02 Å². The number of carbonyl (C=O) groups is 1. The molecular formula is C14H16ClN3OS. The zero-order chi connectivity index (χ0) is 14.9. The second-order valence-electron chi connectivity index (χ2n) is 5.48. The molecule has 2 aromatic rings. The predicted octanol–water partition coefficient (Wildman–Crippen LogP) is 3.93. The predicted molar refractivity (Wildman–Crippen MR) is 84.6 cm³/mol. The Morgan fingerprint density at radius 3 is 2.65 bits per heavy atom. The van der Waals surface area contributed by atoms with Crippen LogP contribution in [-0.4, -0.2) is 10.9 Å². The summed E-state index contributed by atoms with van der Waals surface area (Å²) in [5.74, 6) is -0.248. The van der Waals surface area contributed by atoms with Crippen LogP contribution in [0.3, 0.4) is 0 Å². The van der Waals surface area contributed by atoms with Gasteiger partial charge in [0.05, 0.1) is 16.4 Å². The Morgan fingerprint density at radius 1 is 1.40 bits per heavy atom. The molecular weight excluding hydrogens is 294 g/mol. The quantitative estimate of drug-likeness (QED) is 0.826. The van der Waals surface area contributed by atoms with Gasteiger partial charge in [-0.05, 0) is 18.2 Å². The van der Waals surface area contributed by atoms with Crippen LogP contribution in [-0.2, 0) is 5.41 Å². The van der Waals surface area contributed by atoms with Gasteiger partial charge in [-0.1, -0.05) is 32.4 Å². The summed E-state index contributed by atoms with van der Waals surface area (Å²) in [5, 5.41) is 5.66. The Kier molecular flexibility index (Phi) is 4.01. The van der Waals surface area contributed by atoms with E-state index in [-0.39, 0.29) is 11.3 Å². The molecule has 0 radical (unpaired) electrons. The second kappa shape index (κ2) is 5.42. The summed E-state index contributed by atoms with van der Waals surface area (Å²) in [7, 11) is 0. The number of halogens is 1. The fourth-order valence-corrected chi connectivity index (χ4v) is 2.63. The molecule has 0 saturated carbocycles. The first-order valence-corrected chi connectivity index (χ1v) is 7.35. The van der Waals surface area contributed by atoms with Crippen molar-refractivity contribution in [2.24, 2.45) is 0 Å². The molecule has 4 nitrogen and oxygen atoms in total. The van der Waals surface area contributed by atoms with Gasteiger partial charge in [-0.3, -0.25) is 10.1 Å². The number of carbonyl (C=O) groups excluding carboxylic acids is 1. The zero-order valence-electron chi connectivity index (χ0n) is 11.5. The van der Waals surface area contributed by atoms with Gasteiger partial charge in [0.1, 0.15) is 0 Å². The van der Waals surface area contributed by atoms with Gasteiger partial charge in [0.25, 0.3) is 5.91 Å². The highest BCUT2D eigenvalue weighted by atomic mass is 35.5. The lowest BCUT2D eigenvalue weighted by Crippen LogP contribution is -2.14. The third-order valence-corrected chi connectivity index (χ3v) is 3.84. The molecule has 0 fully saturated rings. The smallest absolute Gasteiger partial charge is 0.257 e. The largest absolute Gasteiger partial charge is 0.398 e. The summed E-state index contributed by atoms with van der Waals surface area (Å²) >= 11 is 7.31. The second-order valence-corrected chi connectivity index (χ2v) is 6.74. The Bertz CT molecular complexity index is 646. The molecule has 106 valence electrons. The number of nitrogens with two attached hydrogens (primary N) is 1. The monoisotopic (exact) mass is 309 g/mol. The SMILES string of the molecule is CC(C)(C)c1csc(NC(=O)c2ccc(N)c(Cl)c2)n1.